The van der Waals surface area contributed by atoms with Crippen molar-refractivity contribution in [3.63, 3.8) is 0 Å². The average Bonchev–Trinajstić information content (AvgIpc) is 2.07. The summed E-state index contributed by atoms with van der Waals surface area (Å²) in [7, 11) is 0. The Morgan fingerprint density at radius 1 is 1.36 bits per heavy atom. The second-order valence-corrected chi connectivity index (χ2v) is 6.06. The molecule has 0 bridgehead atoms. The molecule has 0 aliphatic carbocycles. The molecule has 0 amide bonds. The van der Waals surface area contributed by atoms with Crippen LogP contribution >= 0.6 is 11.6 Å². The topological polar surface area (TPSA) is 3.24 Å². The fourth-order valence-corrected chi connectivity index (χ4v) is 2.70. The van der Waals surface area contributed by atoms with E-state index in [4.69, 9.17) is 11.6 Å². The third-order valence-electron chi connectivity index (χ3n) is 3.38. The van der Waals surface area contributed by atoms with Crippen molar-refractivity contribution in [3.05, 3.63) is 0 Å². The highest BCUT2D eigenvalue weighted by molar-refractivity contribution is 6.20. The summed E-state index contributed by atoms with van der Waals surface area (Å²) >= 11 is 6.39. The first-order valence-electron chi connectivity index (χ1n) is 5.83. The van der Waals surface area contributed by atoms with Gasteiger partial charge in [0.05, 0.1) is 5.50 Å². The van der Waals surface area contributed by atoms with E-state index in [1.54, 1.807) is 0 Å². The van der Waals surface area contributed by atoms with Crippen LogP contribution in [0.5, 0.6) is 0 Å². The molecule has 0 radical (unpaired) electrons. The molecular weight excluding hydrogens is 194 g/mol. The number of piperidine rings is 1. The molecule has 14 heavy (non-hydrogen) atoms. The number of hydrogen-bond donors (Lipinski definition) is 0. The molecule has 2 heteroatoms. The van der Waals surface area contributed by atoms with Gasteiger partial charge in [0.2, 0.25) is 0 Å². The molecule has 1 fully saturated rings. The normalized spacial score (nSPS) is 30.6. The van der Waals surface area contributed by atoms with Crippen molar-refractivity contribution >= 4 is 11.6 Å². The van der Waals surface area contributed by atoms with Gasteiger partial charge < -0.3 is 0 Å². The van der Waals surface area contributed by atoms with Crippen LogP contribution in [-0.4, -0.2) is 23.5 Å². The molecule has 1 aliphatic rings. The minimum Gasteiger partial charge on any atom is -0.287 e. The number of likely N-dealkylation sites (tertiary alicyclic amines) is 1. The highest BCUT2D eigenvalue weighted by atomic mass is 35.5. The van der Waals surface area contributed by atoms with E-state index in [1.807, 2.05) is 0 Å². The standard InChI is InChI=1S/C12H24ClN/c1-5-7-14-8-6-10(9-11(14)13)12(2,3)4/h10-11H,5-9H2,1-4H3. The van der Waals surface area contributed by atoms with Crippen molar-refractivity contribution in [1.29, 1.82) is 0 Å². The van der Waals surface area contributed by atoms with Gasteiger partial charge in [0.25, 0.3) is 0 Å². The second kappa shape index (κ2) is 4.85. The minimum absolute atomic E-state index is 0.271. The van der Waals surface area contributed by atoms with E-state index in [0.29, 0.717) is 5.41 Å². The Bertz CT molecular complexity index is 174. The molecule has 1 heterocycles. The Balaban J connectivity index is 2.46. The zero-order valence-corrected chi connectivity index (χ0v) is 10.8. The first-order chi connectivity index (χ1) is 6.45. The summed E-state index contributed by atoms with van der Waals surface area (Å²) in [6.45, 7) is 11.6. The van der Waals surface area contributed by atoms with Gasteiger partial charge in [0.15, 0.2) is 0 Å². The highest BCUT2D eigenvalue weighted by Crippen LogP contribution is 2.37. The molecule has 0 N–H and O–H groups in total. The molecule has 0 aromatic rings. The third-order valence-corrected chi connectivity index (χ3v) is 3.83. The lowest BCUT2D eigenvalue weighted by atomic mass is 9.75. The molecule has 0 saturated carbocycles. The fraction of sp³-hybridized carbons (Fsp3) is 1.00. The van der Waals surface area contributed by atoms with Crippen molar-refractivity contribution in [2.45, 2.75) is 52.5 Å². The Morgan fingerprint density at radius 2 is 2.00 bits per heavy atom. The summed E-state index contributed by atoms with van der Waals surface area (Å²) in [5, 5.41) is 0. The lowest BCUT2D eigenvalue weighted by Crippen LogP contribution is -2.42. The van der Waals surface area contributed by atoms with E-state index in [-0.39, 0.29) is 5.50 Å². The van der Waals surface area contributed by atoms with Gasteiger partial charge in [0.1, 0.15) is 0 Å². The van der Waals surface area contributed by atoms with Gasteiger partial charge >= 0.3 is 0 Å². The zero-order valence-electron chi connectivity index (χ0n) is 10.0. The molecule has 1 rings (SSSR count). The predicted octanol–water partition coefficient (Wildman–Crippen LogP) is 3.72. The summed E-state index contributed by atoms with van der Waals surface area (Å²) < 4.78 is 0. The van der Waals surface area contributed by atoms with Gasteiger partial charge in [0, 0.05) is 0 Å². The number of rotatable bonds is 2. The molecule has 0 spiro atoms. The van der Waals surface area contributed by atoms with E-state index in [9.17, 15) is 0 Å². The Kier molecular flexibility index (Phi) is 4.27. The van der Waals surface area contributed by atoms with Crippen LogP contribution in [-0.2, 0) is 0 Å². The van der Waals surface area contributed by atoms with E-state index < -0.39 is 0 Å². The third kappa shape index (κ3) is 3.13. The van der Waals surface area contributed by atoms with Crippen molar-refractivity contribution < 1.29 is 0 Å². The summed E-state index contributed by atoms with van der Waals surface area (Å²) in [4.78, 5) is 2.42. The quantitative estimate of drug-likeness (QED) is 0.504. The summed E-state index contributed by atoms with van der Waals surface area (Å²) in [5.74, 6) is 0.790. The predicted molar refractivity (Wildman–Crippen MR) is 63.7 cm³/mol. The van der Waals surface area contributed by atoms with Crippen molar-refractivity contribution in [3.8, 4) is 0 Å². The average molecular weight is 218 g/mol. The van der Waals surface area contributed by atoms with Gasteiger partial charge in [-0.15, -0.1) is 11.6 Å². The highest BCUT2D eigenvalue weighted by Gasteiger charge is 2.32. The SMILES string of the molecule is CCCN1CCC(C(C)(C)C)CC1Cl. The fourth-order valence-electron chi connectivity index (χ4n) is 2.29. The Hall–Kier alpha value is 0.250. The number of halogens is 1. The van der Waals surface area contributed by atoms with Crippen molar-refractivity contribution in [1.82, 2.24) is 4.90 Å². The van der Waals surface area contributed by atoms with E-state index in [1.165, 1.54) is 19.4 Å². The smallest absolute Gasteiger partial charge is 0.0853 e. The Labute approximate surface area is 93.8 Å². The number of hydrogen-bond acceptors (Lipinski definition) is 1. The first kappa shape index (κ1) is 12.3. The van der Waals surface area contributed by atoms with E-state index >= 15 is 0 Å². The Morgan fingerprint density at radius 3 is 2.43 bits per heavy atom. The van der Waals surface area contributed by atoms with Crippen LogP contribution in [0.1, 0.15) is 47.0 Å². The second-order valence-electron chi connectivity index (χ2n) is 5.56. The maximum atomic E-state index is 6.39. The first-order valence-corrected chi connectivity index (χ1v) is 6.27. The van der Waals surface area contributed by atoms with E-state index in [2.05, 4.69) is 32.6 Å². The van der Waals surface area contributed by atoms with Crippen LogP contribution in [0.15, 0.2) is 0 Å². The molecule has 0 aromatic heterocycles. The summed E-state index contributed by atoms with van der Waals surface area (Å²) in [6, 6.07) is 0. The van der Waals surface area contributed by atoms with Crippen LogP contribution < -0.4 is 0 Å². The van der Waals surface area contributed by atoms with Crippen LogP contribution in [0.4, 0.5) is 0 Å². The zero-order chi connectivity index (χ0) is 10.8. The molecule has 2 unspecified atom stereocenters. The van der Waals surface area contributed by atoms with Gasteiger partial charge in [-0.3, -0.25) is 4.90 Å². The van der Waals surface area contributed by atoms with Crippen molar-refractivity contribution in [2.75, 3.05) is 13.1 Å². The van der Waals surface area contributed by atoms with Crippen molar-refractivity contribution in [2.24, 2.45) is 11.3 Å². The maximum absolute atomic E-state index is 6.39. The molecule has 1 nitrogen and oxygen atoms in total. The van der Waals surface area contributed by atoms with Crippen LogP contribution in [0, 0.1) is 11.3 Å². The van der Waals surface area contributed by atoms with Gasteiger partial charge in [-0.25, -0.2) is 0 Å². The maximum Gasteiger partial charge on any atom is 0.0853 e. The van der Waals surface area contributed by atoms with Gasteiger partial charge in [-0.05, 0) is 43.7 Å². The lowest BCUT2D eigenvalue weighted by Gasteiger charge is -2.41. The van der Waals surface area contributed by atoms with Gasteiger partial charge in [-0.2, -0.15) is 0 Å². The molecule has 1 aliphatic heterocycles. The lowest BCUT2D eigenvalue weighted by molar-refractivity contribution is 0.0955. The monoisotopic (exact) mass is 217 g/mol. The molecular formula is C12H24ClN. The molecule has 84 valence electrons. The van der Waals surface area contributed by atoms with Crippen LogP contribution in [0.25, 0.3) is 0 Å². The molecule has 2 atom stereocenters. The molecule has 1 saturated heterocycles. The summed E-state index contributed by atoms with van der Waals surface area (Å²) in [6.07, 6.45) is 3.68. The van der Waals surface area contributed by atoms with Gasteiger partial charge in [-0.1, -0.05) is 27.7 Å². The molecule has 0 aromatic carbocycles. The minimum atomic E-state index is 0.271. The van der Waals surface area contributed by atoms with Crippen LogP contribution in [0.3, 0.4) is 0 Å². The van der Waals surface area contributed by atoms with Crippen LogP contribution in [0.2, 0.25) is 0 Å². The summed E-state index contributed by atoms with van der Waals surface area (Å²) in [5.41, 5.74) is 0.693. The largest absolute Gasteiger partial charge is 0.287 e. The number of alkyl halides is 1. The van der Waals surface area contributed by atoms with E-state index in [0.717, 1.165) is 18.9 Å². The number of nitrogens with zero attached hydrogens (tertiary/aromatic N) is 1.